The normalized spacial score (nSPS) is 18.2. The van der Waals surface area contributed by atoms with Crippen molar-refractivity contribution in [1.29, 1.82) is 0 Å². The molecule has 1 aromatic carbocycles. The predicted octanol–water partition coefficient (Wildman–Crippen LogP) is 0.802. The summed E-state index contributed by atoms with van der Waals surface area (Å²) in [5.74, 6) is -0.333. The second-order valence-electron chi connectivity index (χ2n) is 7.33. The Morgan fingerprint density at radius 2 is 1.71 bits per heavy atom. The van der Waals surface area contributed by atoms with Gasteiger partial charge in [-0.15, -0.1) is 0 Å². The number of rotatable bonds is 6. The SMILES string of the molecule is O=C(CN1C(=O)c2ccccc2C1=O)NC[C@H](c1ccco1)[NH+]1CCCCC1. The average molecular weight is 382 g/mol. The molecule has 2 N–H and O–H groups in total. The van der Waals surface area contributed by atoms with Crippen molar-refractivity contribution < 1.29 is 23.7 Å². The maximum atomic E-state index is 12.5. The summed E-state index contributed by atoms with van der Waals surface area (Å²) >= 11 is 0. The zero-order valence-corrected chi connectivity index (χ0v) is 15.6. The lowest BCUT2D eigenvalue weighted by molar-refractivity contribution is -0.936. The lowest BCUT2D eigenvalue weighted by atomic mass is 10.1. The van der Waals surface area contributed by atoms with Gasteiger partial charge < -0.3 is 14.6 Å². The third-order valence-corrected chi connectivity index (χ3v) is 5.56. The van der Waals surface area contributed by atoms with E-state index in [2.05, 4.69) is 5.32 Å². The molecule has 1 saturated heterocycles. The van der Waals surface area contributed by atoms with Crippen molar-refractivity contribution in [3.05, 3.63) is 59.5 Å². The number of fused-ring (bicyclic) bond motifs is 1. The third kappa shape index (κ3) is 3.57. The number of imide groups is 1. The summed E-state index contributed by atoms with van der Waals surface area (Å²) in [5, 5.41) is 2.90. The van der Waals surface area contributed by atoms with Crippen LogP contribution in [0.2, 0.25) is 0 Å². The molecule has 1 aromatic heterocycles. The van der Waals surface area contributed by atoms with Gasteiger partial charge >= 0.3 is 0 Å². The molecule has 0 saturated carbocycles. The van der Waals surface area contributed by atoms with Crippen molar-refractivity contribution in [2.75, 3.05) is 26.2 Å². The summed E-state index contributed by atoms with van der Waals surface area (Å²) in [4.78, 5) is 39.7. The number of furan rings is 1. The van der Waals surface area contributed by atoms with Crippen LogP contribution in [-0.2, 0) is 4.79 Å². The molecule has 0 aliphatic carbocycles. The maximum Gasteiger partial charge on any atom is 0.262 e. The summed E-state index contributed by atoms with van der Waals surface area (Å²) in [5.41, 5.74) is 0.707. The van der Waals surface area contributed by atoms with Gasteiger partial charge in [-0.2, -0.15) is 0 Å². The molecule has 2 aliphatic heterocycles. The molecule has 146 valence electrons. The summed E-state index contributed by atoms with van der Waals surface area (Å²) in [6, 6.07) is 10.5. The second-order valence-corrected chi connectivity index (χ2v) is 7.33. The van der Waals surface area contributed by atoms with Gasteiger partial charge in [-0.25, -0.2) is 0 Å². The Morgan fingerprint density at radius 1 is 1.04 bits per heavy atom. The number of likely N-dealkylation sites (tertiary alicyclic amines) is 1. The number of amides is 3. The molecule has 4 rings (SSSR count). The minimum absolute atomic E-state index is 0.0291. The first-order chi connectivity index (χ1) is 13.6. The first-order valence-electron chi connectivity index (χ1n) is 9.75. The smallest absolute Gasteiger partial charge is 0.262 e. The minimum atomic E-state index is -0.417. The maximum absolute atomic E-state index is 12.5. The predicted molar refractivity (Wildman–Crippen MR) is 101 cm³/mol. The molecule has 3 amide bonds. The van der Waals surface area contributed by atoms with Crippen molar-refractivity contribution in [1.82, 2.24) is 10.2 Å². The van der Waals surface area contributed by atoms with Crippen molar-refractivity contribution in [3.63, 3.8) is 0 Å². The zero-order valence-electron chi connectivity index (χ0n) is 15.6. The number of nitrogens with one attached hydrogen (secondary N) is 2. The van der Waals surface area contributed by atoms with Crippen LogP contribution in [0.3, 0.4) is 0 Å². The van der Waals surface area contributed by atoms with E-state index in [4.69, 9.17) is 4.42 Å². The number of carbonyl (C=O) groups is 3. The van der Waals surface area contributed by atoms with E-state index in [1.54, 1.807) is 30.5 Å². The zero-order chi connectivity index (χ0) is 19.5. The fourth-order valence-corrected chi connectivity index (χ4v) is 4.09. The van der Waals surface area contributed by atoms with Crippen molar-refractivity contribution >= 4 is 17.7 Å². The van der Waals surface area contributed by atoms with E-state index < -0.39 is 11.8 Å². The monoisotopic (exact) mass is 382 g/mol. The van der Waals surface area contributed by atoms with Gasteiger partial charge in [0.05, 0.1) is 37.0 Å². The molecule has 28 heavy (non-hydrogen) atoms. The highest BCUT2D eigenvalue weighted by Gasteiger charge is 2.36. The van der Waals surface area contributed by atoms with E-state index >= 15 is 0 Å². The molecule has 3 heterocycles. The number of piperidine rings is 1. The van der Waals surface area contributed by atoms with Crippen molar-refractivity contribution in [2.24, 2.45) is 0 Å². The van der Waals surface area contributed by atoms with E-state index in [0.29, 0.717) is 17.7 Å². The molecular weight excluding hydrogens is 358 g/mol. The Morgan fingerprint density at radius 3 is 2.32 bits per heavy atom. The molecule has 1 fully saturated rings. The third-order valence-electron chi connectivity index (χ3n) is 5.56. The molecule has 7 nitrogen and oxygen atoms in total. The summed E-state index contributed by atoms with van der Waals surface area (Å²) in [6.07, 6.45) is 5.21. The van der Waals surface area contributed by atoms with E-state index in [0.717, 1.165) is 36.6 Å². The first-order valence-corrected chi connectivity index (χ1v) is 9.75. The molecule has 0 radical (unpaired) electrons. The summed E-state index contributed by atoms with van der Waals surface area (Å²) in [7, 11) is 0. The Kier molecular flexibility index (Phi) is 5.25. The van der Waals surface area contributed by atoms with Crippen molar-refractivity contribution in [3.8, 4) is 0 Å². The number of hydrogen-bond acceptors (Lipinski definition) is 4. The van der Waals surface area contributed by atoms with E-state index in [9.17, 15) is 14.4 Å². The van der Waals surface area contributed by atoms with Gasteiger partial charge in [-0.05, 0) is 43.5 Å². The molecule has 0 bridgehead atoms. The van der Waals surface area contributed by atoms with Crippen LogP contribution in [0.5, 0.6) is 0 Å². The fourth-order valence-electron chi connectivity index (χ4n) is 4.09. The molecular formula is C21H24N3O4+. The molecule has 7 heteroatoms. The number of benzene rings is 1. The Bertz CT molecular complexity index is 837. The van der Waals surface area contributed by atoms with Gasteiger partial charge in [0.1, 0.15) is 6.54 Å². The van der Waals surface area contributed by atoms with E-state index in [1.807, 2.05) is 12.1 Å². The van der Waals surface area contributed by atoms with Crippen LogP contribution >= 0.6 is 0 Å². The molecule has 0 unspecified atom stereocenters. The van der Waals surface area contributed by atoms with E-state index in [1.165, 1.54) is 11.3 Å². The van der Waals surface area contributed by atoms with Crippen LogP contribution in [0.1, 0.15) is 51.8 Å². The molecule has 2 aliphatic rings. The van der Waals surface area contributed by atoms with Gasteiger partial charge in [0, 0.05) is 0 Å². The average Bonchev–Trinajstić information content (AvgIpc) is 3.33. The van der Waals surface area contributed by atoms with Gasteiger partial charge in [0.15, 0.2) is 11.8 Å². The Hall–Kier alpha value is -2.93. The largest absolute Gasteiger partial charge is 0.463 e. The van der Waals surface area contributed by atoms with Gasteiger partial charge in [0.25, 0.3) is 11.8 Å². The van der Waals surface area contributed by atoms with Crippen LogP contribution < -0.4 is 10.2 Å². The van der Waals surface area contributed by atoms with Gasteiger partial charge in [0.2, 0.25) is 5.91 Å². The second kappa shape index (κ2) is 7.98. The Labute approximate surface area is 163 Å². The van der Waals surface area contributed by atoms with Crippen LogP contribution in [0.25, 0.3) is 0 Å². The lowest BCUT2D eigenvalue weighted by Crippen LogP contribution is -3.13. The van der Waals surface area contributed by atoms with Crippen LogP contribution in [-0.4, -0.2) is 48.8 Å². The Balaban J connectivity index is 1.39. The van der Waals surface area contributed by atoms with Crippen LogP contribution in [0.4, 0.5) is 0 Å². The molecule has 2 aromatic rings. The standard InChI is InChI=1S/C21H23N3O4/c25-19(14-24-20(26)15-7-2-3-8-16(15)21(24)27)22-13-17(18-9-6-12-28-18)23-10-4-1-5-11-23/h2-3,6-9,12,17H,1,4-5,10-11,13-14H2,(H,22,25)/p+1/t17-/m1/s1. The topological polar surface area (TPSA) is 84.1 Å². The quantitative estimate of drug-likeness (QED) is 0.724. The van der Waals surface area contributed by atoms with Crippen LogP contribution in [0.15, 0.2) is 47.1 Å². The van der Waals surface area contributed by atoms with Gasteiger partial charge in [-0.3, -0.25) is 19.3 Å². The molecule has 0 spiro atoms. The molecule has 1 atom stereocenters. The number of carbonyl (C=O) groups excluding carboxylic acids is 3. The fraction of sp³-hybridized carbons (Fsp3) is 0.381. The highest BCUT2D eigenvalue weighted by molar-refractivity contribution is 6.22. The number of hydrogen-bond donors (Lipinski definition) is 2. The summed E-state index contributed by atoms with van der Waals surface area (Å²) < 4.78 is 5.60. The number of nitrogens with zero attached hydrogens (tertiary/aromatic N) is 1. The highest BCUT2D eigenvalue weighted by Crippen LogP contribution is 2.22. The summed E-state index contributed by atoms with van der Waals surface area (Å²) in [6.45, 7) is 2.22. The number of quaternary nitrogens is 1. The van der Waals surface area contributed by atoms with E-state index in [-0.39, 0.29) is 18.5 Å². The van der Waals surface area contributed by atoms with Crippen LogP contribution in [0, 0.1) is 0 Å². The highest BCUT2D eigenvalue weighted by atomic mass is 16.3. The lowest BCUT2D eigenvalue weighted by Gasteiger charge is -2.30. The minimum Gasteiger partial charge on any atom is -0.463 e. The van der Waals surface area contributed by atoms with Gasteiger partial charge in [-0.1, -0.05) is 12.1 Å². The van der Waals surface area contributed by atoms with Crippen molar-refractivity contribution in [2.45, 2.75) is 25.3 Å². The first kappa shape index (κ1) is 18.4.